The van der Waals surface area contributed by atoms with Crippen LogP contribution in [-0.4, -0.2) is 21.8 Å². The van der Waals surface area contributed by atoms with Crippen molar-refractivity contribution >= 4 is 89.7 Å². The molecule has 0 aliphatic rings. The normalized spacial score (nSPS) is 12.8. The molecule has 6 rings (SSSR count). The topological polar surface area (TPSA) is 65.2 Å². The highest BCUT2D eigenvalue weighted by atomic mass is 79.9. The van der Waals surface area contributed by atoms with Crippen molar-refractivity contribution in [3.63, 3.8) is 0 Å². The van der Waals surface area contributed by atoms with Crippen LogP contribution in [0.25, 0.3) is 0 Å². The third-order valence-corrected chi connectivity index (χ3v) is 11.4. The Hall–Kier alpha value is -3.62. The minimum absolute atomic E-state index is 0.0141. The number of rotatable bonds is 10. The summed E-state index contributed by atoms with van der Waals surface area (Å²) in [6.45, 7) is 4.17. The summed E-state index contributed by atoms with van der Waals surface area (Å²) in [5.41, 5.74) is 9.26. The molecule has 6 aromatic rings. The van der Waals surface area contributed by atoms with Gasteiger partial charge in [-0.1, -0.05) is 161 Å². The molecule has 0 unspecified atom stereocenters. The lowest BCUT2D eigenvalue weighted by atomic mass is 9.83. The summed E-state index contributed by atoms with van der Waals surface area (Å²) < 4.78 is 2.03. The smallest absolute Gasteiger partial charge is 0.0892 e. The first kappa shape index (κ1) is 41.5. The number of hydrogen-bond acceptors (Lipinski definition) is 4. The van der Waals surface area contributed by atoms with Crippen LogP contribution in [0.15, 0.2) is 153 Å². The molecule has 0 radical (unpaired) electrons. The van der Waals surface area contributed by atoms with Gasteiger partial charge in [-0.3, -0.25) is 0 Å². The fourth-order valence-corrected chi connectivity index (χ4v) is 7.72. The number of benzene rings is 6. The van der Waals surface area contributed by atoms with Crippen molar-refractivity contribution in [3.05, 3.63) is 207 Å². The monoisotopic (exact) mass is 922 g/mol. The summed E-state index contributed by atoms with van der Waals surface area (Å²) in [7, 11) is 0. The molecule has 0 aliphatic carbocycles. The zero-order valence-corrected chi connectivity index (χ0v) is 35.5. The maximum absolute atomic E-state index is 9.73. The highest BCUT2D eigenvalue weighted by Gasteiger charge is 2.23. The Morgan fingerprint density at radius 3 is 1.20 bits per heavy atom. The van der Waals surface area contributed by atoms with Gasteiger partial charge in [0.25, 0.3) is 0 Å². The van der Waals surface area contributed by atoms with Gasteiger partial charge in [0.2, 0.25) is 0 Å². The van der Waals surface area contributed by atoms with Crippen molar-refractivity contribution in [2.75, 3.05) is 0 Å². The predicted octanol–water partition coefficient (Wildman–Crippen LogP) is 14.9. The van der Waals surface area contributed by atoms with E-state index in [4.69, 9.17) is 46.4 Å². The number of halogens is 6. The van der Waals surface area contributed by atoms with Gasteiger partial charge >= 0.3 is 0 Å². The maximum atomic E-state index is 9.73. The van der Waals surface area contributed by atoms with Gasteiger partial charge in [0.1, 0.15) is 0 Å². The molecule has 6 aromatic carbocycles. The standard InChI is InChI=1S/2C22H18BrCl2NO/c2*1-14-4-2-3-5-18(14)19(15-6-8-16(23)9-7-15)13-22(26-27)20-12-17(24)10-11-21(20)25/h2*2-12,19,27H,13H2,1H3/b2*26-22+/t2*19-/m10/s1. The van der Waals surface area contributed by atoms with E-state index in [9.17, 15) is 10.4 Å². The first-order valence-corrected chi connectivity index (χ1v) is 20.0. The molecule has 0 heterocycles. The Labute approximate surface area is 353 Å². The SMILES string of the molecule is Cc1ccccc1[C@@H](C/C(=N\O)c1cc(Cl)ccc1Cl)c1ccc(Br)cc1.Cc1ccccc1[C@H](C/C(=N\O)c1cc(Cl)ccc1Cl)c1ccc(Br)cc1. The van der Waals surface area contributed by atoms with E-state index in [2.05, 4.69) is 105 Å². The first-order chi connectivity index (χ1) is 26.0. The van der Waals surface area contributed by atoms with Crippen molar-refractivity contribution in [1.29, 1.82) is 0 Å². The second kappa shape index (κ2) is 19.8. The maximum Gasteiger partial charge on any atom is 0.0892 e. The van der Waals surface area contributed by atoms with Crippen LogP contribution in [0.4, 0.5) is 0 Å². The van der Waals surface area contributed by atoms with Crippen molar-refractivity contribution in [2.24, 2.45) is 10.3 Å². The molecule has 0 aromatic heterocycles. The summed E-state index contributed by atoms with van der Waals surface area (Å²) in [6.07, 6.45) is 0.978. The van der Waals surface area contributed by atoms with Crippen molar-refractivity contribution in [2.45, 2.75) is 38.5 Å². The number of aryl methyl sites for hydroxylation is 2. The Morgan fingerprint density at radius 2 is 0.870 bits per heavy atom. The van der Waals surface area contributed by atoms with Gasteiger partial charge in [0.15, 0.2) is 0 Å². The molecule has 4 nitrogen and oxygen atoms in total. The molecule has 0 amide bonds. The van der Waals surface area contributed by atoms with Crippen molar-refractivity contribution < 1.29 is 10.4 Å². The van der Waals surface area contributed by atoms with Gasteiger partial charge < -0.3 is 10.4 Å². The molecular weight excluding hydrogens is 890 g/mol. The van der Waals surface area contributed by atoms with E-state index in [1.807, 2.05) is 48.5 Å². The lowest BCUT2D eigenvalue weighted by molar-refractivity contribution is 0.317. The molecule has 10 heteroatoms. The lowest BCUT2D eigenvalue weighted by Crippen LogP contribution is -2.12. The van der Waals surface area contributed by atoms with Crippen LogP contribution in [-0.2, 0) is 0 Å². The van der Waals surface area contributed by atoms with Gasteiger partial charge in [0.05, 0.1) is 11.4 Å². The molecule has 0 fully saturated rings. The average molecular weight is 926 g/mol. The minimum Gasteiger partial charge on any atom is -0.411 e. The third kappa shape index (κ3) is 10.8. The fourth-order valence-electron chi connectivity index (χ4n) is 6.39. The molecule has 0 saturated heterocycles. The quantitative estimate of drug-likeness (QED) is 0.0817. The minimum atomic E-state index is 0.0141. The molecule has 0 bridgehead atoms. The van der Waals surface area contributed by atoms with Crippen LogP contribution >= 0.6 is 78.3 Å². The zero-order valence-electron chi connectivity index (χ0n) is 29.3. The molecule has 0 aliphatic heterocycles. The Kier molecular flexibility index (Phi) is 15.2. The van der Waals surface area contributed by atoms with Gasteiger partial charge in [-0.05, 0) is 108 Å². The van der Waals surface area contributed by atoms with Gasteiger partial charge in [-0.2, -0.15) is 0 Å². The summed E-state index contributed by atoms with van der Waals surface area (Å²) >= 11 is 31.9. The molecule has 276 valence electrons. The van der Waals surface area contributed by atoms with E-state index < -0.39 is 0 Å². The molecule has 0 saturated carbocycles. The highest BCUT2D eigenvalue weighted by molar-refractivity contribution is 9.10. The van der Waals surface area contributed by atoms with Crippen LogP contribution in [0, 0.1) is 13.8 Å². The average Bonchev–Trinajstić information content (AvgIpc) is 3.17. The molecule has 0 spiro atoms. The summed E-state index contributed by atoms with van der Waals surface area (Å²) in [4.78, 5) is 0. The Morgan fingerprint density at radius 1 is 0.519 bits per heavy atom. The second-order valence-electron chi connectivity index (χ2n) is 12.7. The zero-order chi connectivity index (χ0) is 38.8. The van der Waals surface area contributed by atoms with Crippen molar-refractivity contribution in [3.8, 4) is 0 Å². The number of oxime groups is 2. The van der Waals surface area contributed by atoms with Crippen LogP contribution < -0.4 is 0 Å². The Bertz CT molecular complexity index is 2100. The van der Waals surface area contributed by atoms with E-state index in [-0.39, 0.29) is 11.8 Å². The van der Waals surface area contributed by atoms with Crippen LogP contribution in [0.5, 0.6) is 0 Å². The first-order valence-electron chi connectivity index (χ1n) is 16.9. The van der Waals surface area contributed by atoms with Gasteiger partial charge in [-0.15, -0.1) is 0 Å². The molecule has 2 atom stereocenters. The van der Waals surface area contributed by atoms with E-state index in [0.29, 0.717) is 55.5 Å². The predicted molar refractivity (Wildman–Crippen MR) is 233 cm³/mol. The fraction of sp³-hybridized carbons (Fsp3) is 0.136. The van der Waals surface area contributed by atoms with Gasteiger partial charge in [0, 0.05) is 64.8 Å². The van der Waals surface area contributed by atoms with E-state index >= 15 is 0 Å². The molecular formula is C44H36Br2Cl4N2O2. The van der Waals surface area contributed by atoms with Crippen LogP contribution in [0.3, 0.4) is 0 Å². The van der Waals surface area contributed by atoms with Crippen molar-refractivity contribution in [1.82, 2.24) is 0 Å². The number of nitrogens with zero attached hydrogens (tertiary/aromatic N) is 2. The molecule has 2 N–H and O–H groups in total. The van der Waals surface area contributed by atoms with Crippen LogP contribution in [0.1, 0.15) is 69.2 Å². The van der Waals surface area contributed by atoms with E-state index in [1.54, 1.807) is 36.4 Å². The third-order valence-electron chi connectivity index (χ3n) is 9.19. The summed E-state index contributed by atoms with van der Waals surface area (Å²) in [5, 5.41) is 28.7. The largest absolute Gasteiger partial charge is 0.411 e. The summed E-state index contributed by atoms with van der Waals surface area (Å²) in [5.74, 6) is 0.0282. The van der Waals surface area contributed by atoms with E-state index in [0.717, 1.165) is 20.1 Å². The highest BCUT2D eigenvalue weighted by Crippen LogP contribution is 2.36. The second-order valence-corrected chi connectivity index (χ2v) is 16.2. The lowest BCUT2D eigenvalue weighted by Gasteiger charge is -2.21. The number of hydrogen-bond donors (Lipinski definition) is 2. The molecule has 54 heavy (non-hydrogen) atoms. The van der Waals surface area contributed by atoms with Crippen LogP contribution in [0.2, 0.25) is 20.1 Å². The Balaban J connectivity index is 0.000000208. The van der Waals surface area contributed by atoms with Gasteiger partial charge in [-0.25, -0.2) is 0 Å². The summed E-state index contributed by atoms with van der Waals surface area (Å²) in [6, 6.07) is 43.2. The van der Waals surface area contributed by atoms with E-state index in [1.165, 1.54) is 22.3 Å².